The zero-order valence-corrected chi connectivity index (χ0v) is 10.8. The molecule has 0 saturated carbocycles. The first-order valence-corrected chi connectivity index (χ1v) is 5.30. The van der Waals surface area contributed by atoms with Crippen molar-refractivity contribution in [2.75, 3.05) is 0 Å². The van der Waals surface area contributed by atoms with Crippen LogP contribution in [0.4, 0.5) is 0 Å². The number of primary amides is 1. The number of amides is 1. The minimum atomic E-state index is -0.590. The molecular weight excluding hydrogens is 197 g/mol. The van der Waals surface area contributed by atoms with Crippen LogP contribution >= 0.6 is 0 Å². The van der Waals surface area contributed by atoms with Crippen molar-refractivity contribution < 1.29 is 9.53 Å². The Kier molecular flexibility index (Phi) is 5.92. The monoisotopic (exact) mass is 216 g/mol. The third-order valence-electron chi connectivity index (χ3n) is 2.58. The Morgan fingerprint density at radius 2 is 1.88 bits per heavy atom. The van der Waals surface area contributed by atoms with Gasteiger partial charge >= 0.3 is 0 Å². The molecule has 0 aromatic carbocycles. The average Bonchev–Trinajstić information content (AvgIpc) is 2.16. The van der Waals surface area contributed by atoms with Gasteiger partial charge in [0.05, 0.1) is 6.26 Å². The van der Waals surface area contributed by atoms with Crippen molar-refractivity contribution in [3.8, 4) is 0 Å². The van der Waals surface area contributed by atoms with Gasteiger partial charge in [-0.3, -0.25) is 4.79 Å². The van der Waals surface area contributed by atoms with Crippen LogP contribution in [-0.4, -0.2) is 30.9 Å². The number of hydrogen-bond donors (Lipinski definition) is 1. The van der Waals surface area contributed by atoms with E-state index in [-0.39, 0.29) is 24.8 Å². The number of carbonyl (C=O) groups excluding carboxylic acids is 1. The maximum Gasteiger partial charge on any atom is 0.262 e. The van der Waals surface area contributed by atoms with Crippen LogP contribution in [0, 0.1) is 11.8 Å². The van der Waals surface area contributed by atoms with Crippen LogP contribution in [0.25, 0.3) is 0 Å². The van der Waals surface area contributed by atoms with Gasteiger partial charge in [0, 0.05) is 18.9 Å². The summed E-state index contributed by atoms with van der Waals surface area (Å²) < 4.78 is 5.28. The smallest absolute Gasteiger partial charge is 0.262 e. The van der Waals surface area contributed by atoms with Gasteiger partial charge in [0.2, 0.25) is 0 Å². The van der Waals surface area contributed by atoms with Crippen LogP contribution in [0.3, 0.4) is 0 Å². The molecule has 85 valence electrons. The summed E-state index contributed by atoms with van der Waals surface area (Å²) in [5.74, 6) is 0.232. The first-order chi connectivity index (χ1) is 6.95. The fourth-order valence-electron chi connectivity index (χ4n) is 1.89. The Labute approximate surface area is 109 Å². The summed E-state index contributed by atoms with van der Waals surface area (Å²) in [5.41, 5.74) is 7.51. The van der Waals surface area contributed by atoms with Crippen LogP contribution in [0.5, 0.6) is 0 Å². The third kappa shape index (κ3) is 3.17. The molecule has 3 nitrogen and oxygen atoms in total. The minimum absolute atomic E-state index is 0. The SMILES string of the molecule is CC(C)C1=C(C(C)C)C(C(N)=O)OC=C1.[Li]. The molecule has 16 heavy (non-hydrogen) atoms. The first kappa shape index (κ1) is 15.3. The van der Waals surface area contributed by atoms with Crippen molar-refractivity contribution in [3.05, 3.63) is 23.5 Å². The van der Waals surface area contributed by atoms with Crippen LogP contribution < -0.4 is 5.73 Å². The quantitative estimate of drug-likeness (QED) is 0.729. The Bertz CT molecular complexity index is 319. The summed E-state index contributed by atoms with van der Waals surface area (Å²) in [7, 11) is 0. The van der Waals surface area contributed by atoms with Crippen molar-refractivity contribution in [1.82, 2.24) is 0 Å². The van der Waals surface area contributed by atoms with E-state index in [2.05, 4.69) is 27.7 Å². The van der Waals surface area contributed by atoms with Crippen molar-refractivity contribution in [2.24, 2.45) is 17.6 Å². The molecule has 0 saturated heterocycles. The number of rotatable bonds is 3. The Hall–Kier alpha value is -0.653. The summed E-state index contributed by atoms with van der Waals surface area (Å²) in [6.45, 7) is 8.31. The second kappa shape index (κ2) is 6.17. The second-order valence-electron chi connectivity index (χ2n) is 4.44. The van der Waals surface area contributed by atoms with Crippen molar-refractivity contribution in [1.29, 1.82) is 0 Å². The molecule has 0 fully saturated rings. The molecule has 1 atom stereocenters. The molecule has 0 aliphatic carbocycles. The zero-order chi connectivity index (χ0) is 11.6. The van der Waals surface area contributed by atoms with Crippen LogP contribution in [0.1, 0.15) is 27.7 Å². The maximum atomic E-state index is 11.3. The molecule has 2 N–H and O–H groups in total. The normalized spacial score (nSPS) is 19.8. The third-order valence-corrected chi connectivity index (χ3v) is 2.58. The molecule has 0 bridgehead atoms. The number of ether oxygens (including phenoxy) is 1. The molecule has 1 amide bonds. The first-order valence-electron chi connectivity index (χ1n) is 5.30. The fraction of sp³-hybridized carbons (Fsp3) is 0.583. The molecule has 1 unspecified atom stereocenters. The van der Waals surface area contributed by atoms with Gasteiger partial charge in [-0.2, -0.15) is 0 Å². The Balaban J connectivity index is 0.00000225. The molecule has 0 aromatic rings. The van der Waals surface area contributed by atoms with Gasteiger partial charge in [-0.15, -0.1) is 0 Å². The van der Waals surface area contributed by atoms with Crippen molar-refractivity contribution >= 4 is 24.8 Å². The van der Waals surface area contributed by atoms with E-state index in [0.29, 0.717) is 5.92 Å². The summed E-state index contributed by atoms with van der Waals surface area (Å²) in [4.78, 5) is 11.3. The van der Waals surface area contributed by atoms with Crippen LogP contribution in [0.15, 0.2) is 23.5 Å². The molecule has 1 aliphatic heterocycles. The van der Waals surface area contributed by atoms with Crippen molar-refractivity contribution in [2.45, 2.75) is 33.8 Å². The molecular formula is C12H19LiNO2. The Morgan fingerprint density at radius 1 is 1.31 bits per heavy atom. The molecule has 1 heterocycles. The average molecular weight is 216 g/mol. The van der Waals surface area contributed by atoms with Gasteiger partial charge in [-0.25, -0.2) is 0 Å². The van der Waals surface area contributed by atoms with E-state index in [1.54, 1.807) is 6.26 Å². The summed E-state index contributed by atoms with van der Waals surface area (Å²) in [6, 6.07) is 0. The van der Waals surface area contributed by atoms with Gasteiger partial charge in [-0.1, -0.05) is 27.7 Å². The number of nitrogens with two attached hydrogens (primary N) is 1. The standard InChI is InChI=1S/C12H19NO2.Li/c1-7(2)9-5-6-15-11(12(13)14)10(9)8(3)4;/h5-8,11H,1-4H3,(H2,13,14);. The topological polar surface area (TPSA) is 52.3 Å². The van der Waals surface area contributed by atoms with E-state index in [9.17, 15) is 4.79 Å². The van der Waals surface area contributed by atoms with Gasteiger partial charge in [-0.05, 0) is 29.1 Å². The Morgan fingerprint density at radius 3 is 2.25 bits per heavy atom. The molecule has 1 rings (SSSR count). The fourth-order valence-corrected chi connectivity index (χ4v) is 1.89. The number of hydrogen-bond acceptors (Lipinski definition) is 2. The maximum absolute atomic E-state index is 11.3. The van der Waals surface area contributed by atoms with E-state index < -0.39 is 12.0 Å². The van der Waals surface area contributed by atoms with Crippen LogP contribution in [0.2, 0.25) is 0 Å². The van der Waals surface area contributed by atoms with Gasteiger partial charge in [0.15, 0.2) is 6.10 Å². The molecule has 1 radical (unpaired) electrons. The summed E-state index contributed by atoms with van der Waals surface area (Å²) in [5, 5.41) is 0. The summed E-state index contributed by atoms with van der Waals surface area (Å²) in [6.07, 6.45) is 2.91. The summed E-state index contributed by atoms with van der Waals surface area (Å²) >= 11 is 0. The largest absolute Gasteiger partial charge is 0.484 e. The van der Waals surface area contributed by atoms with E-state index in [1.165, 1.54) is 5.57 Å². The van der Waals surface area contributed by atoms with E-state index in [1.807, 2.05) is 6.08 Å². The predicted molar refractivity (Wildman–Crippen MR) is 65.7 cm³/mol. The van der Waals surface area contributed by atoms with Gasteiger partial charge in [0.25, 0.3) is 5.91 Å². The van der Waals surface area contributed by atoms with E-state index >= 15 is 0 Å². The van der Waals surface area contributed by atoms with E-state index in [4.69, 9.17) is 10.5 Å². The number of allylic oxidation sites excluding steroid dienone is 2. The van der Waals surface area contributed by atoms with Crippen molar-refractivity contribution in [3.63, 3.8) is 0 Å². The molecule has 0 spiro atoms. The second-order valence-corrected chi connectivity index (χ2v) is 4.44. The molecule has 1 aliphatic rings. The minimum Gasteiger partial charge on any atom is -0.484 e. The molecule has 0 aromatic heterocycles. The van der Waals surface area contributed by atoms with Gasteiger partial charge in [0.1, 0.15) is 0 Å². The predicted octanol–water partition coefficient (Wildman–Crippen LogP) is 1.61. The van der Waals surface area contributed by atoms with E-state index in [0.717, 1.165) is 5.57 Å². The zero-order valence-electron chi connectivity index (χ0n) is 10.8. The van der Waals surface area contributed by atoms with Gasteiger partial charge < -0.3 is 10.5 Å². The number of carbonyl (C=O) groups is 1. The van der Waals surface area contributed by atoms with Crippen LogP contribution in [-0.2, 0) is 9.53 Å². The molecule has 4 heteroatoms.